The van der Waals surface area contributed by atoms with Crippen molar-refractivity contribution in [3.63, 3.8) is 0 Å². The molecule has 1 fully saturated rings. The van der Waals surface area contributed by atoms with Gasteiger partial charge in [0.1, 0.15) is 0 Å². The van der Waals surface area contributed by atoms with Crippen LogP contribution in [-0.4, -0.2) is 13.1 Å². The van der Waals surface area contributed by atoms with Crippen molar-refractivity contribution in [1.82, 2.24) is 5.32 Å². The van der Waals surface area contributed by atoms with Crippen LogP contribution in [0.3, 0.4) is 0 Å². The van der Waals surface area contributed by atoms with Gasteiger partial charge in [-0.2, -0.15) is 0 Å². The maximum Gasteiger partial charge on any atom is 0.00925 e. The molecule has 1 nitrogen and oxygen atoms in total. The molecule has 0 aromatic heterocycles. The Kier molecular flexibility index (Phi) is 5.50. The molecule has 1 rings (SSSR count). The first kappa shape index (κ1) is 15.0. The van der Waals surface area contributed by atoms with E-state index in [-0.39, 0.29) is 0 Å². The van der Waals surface area contributed by atoms with Gasteiger partial charge < -0.3 is 5.32 Å². The van der Waals surface area contributed by atoms with Gasteiger partial charge in [-0.1, -0.05) is 34.6 Å². The molecule has 0 aliphatic heterocycles. The standard InChI is InChI=1S/C16H33N/c1-12(2)13-7-8-15(17-6)14(11-13)9-10-16(3,4)5/h12-15,17H,7-11H2,1-6H3. The second-order valence-corrected chi connectivity index (χ2v) is 7.57. The minimum atomic E-state index is 0.489. The summed E-state index contributed by atoms with van der Waals surface area (Å²) in [4.78, 5) is 0. The van der Waals surface area contributed by atoms with E-state index in [4.69, 9.17) is 0 Å². The molecule has 3 unspecified atom stereocenters. The van der Waals surface area contributed by atoms with Crippen LogP contribution in [-0.2, 0) is 0 Å². The molecule has 102 valence electrons. The van der Waals surface area contributed by atoms with Crippen LogP contribution >= 0.6 is 0 Å². The Bertz CT molecular complexity index is 214. The summed E-state index contributed by atoms with van der Waals surface area (Å²) in [5.74, 6) is 2.73. The highest BCUT2D eigenvalue weighted by atomic mass is 14.9. The molecular weight excluding hydrogens is 206 g/mol. The lowest BCUT2D eigenvalue weighted by Gasteiger charge is -2.39. The fraction of sp³-hybridized carbons (Fsp3) is 1.00. The minimum absolute atomic E-state index is 0.489. The quantitative estimate of drug-likeness (QED) is 0.763. The van der Waals surface area contributed by atoms with Crippen molar-refractivity contribution < 1.29 is 0 Å². The molecule has 1 aliphatic carbocycles. The van der Waals surface area contributed by atoms with E-state index in [1.807, 2.05) is 0 Å². The van der Waals surface area contributed by atoms with E-state index in [0.29, 0.717) is 5.41 Å². The van der Waals surface area contributed by atoms with Gasteiger partial charge >= 0.3 is 0 Å². The second kappa shape index (κ2) is 6.22. The van der Waals surface area contributed by atoms with Crippen LogP contribution in [0.4, 0.5) is 0 Å². The van der Waals surface area contributed by atoms with Crippen molar-refractivity contribution in [3.8, 4) is 0 Å². The van der Waals surface area contributed by atoms with Gasteiger partial charge in [-0.25, -0.2) is 0 Å². The predicted octanol–water partition coefficient (Wildman–Crippen LogP) is 4.47. The third kappa shape index (κ3) is 4.99. The maximum absolute atomic E-state index is 3.55. The van der Waals surface area contributed by atoms with Crippen molar-refractivity contribution in [1.29, 1.82) is 0 Å². The molecule has 0 aromatic rings. The Morgan fingerprint density at radius 3 is 2.29 bits per heavy atom. The molecule has 0 amide bonds. The van der Waals surface area contributed by atoms with Crippen molar-refractivity contribution in [2.45, 2.75) is 72.8 Å². The number of rotatable bonds is 4. The topological polar surface area (TPSA) is 12.0 Å². The molecule has 17 heavy (non-hydrogen) atoms. The third-order valence-corrected chi connectivity index (χ3v) is 4.60. The van der Waals surface area contributed by atoms with Gasteiger partial charge in [-0.05, 0) is 62.3 Å². The van der Waals surface area contributed by atoms with E-state index in [0.717, 1.165) is 23.8 Å². The first-order valence-electron chi connectivity index (χ1n) is 7.50. The molecule has 0 spiro atoms. The van der Waals surface area contributed by atoms with E-state index >= 15 is 0 Å². The Hall–Kier alpha value is -0.0400. The van der Waals surface area contributed by atoms with Gasteiger partial charge in [-0.15, -0.1) is 0 Å². The third-order valence-electron chi connectivity index (χ3n) is 4.60. The Morgan fingerprint density at radius 1 is 1.18 bits per heavy atom. The molecule has 0 radical (unpaired) electrons. The van der Waals surface area contributed by atoms with E-state index < -0.39 is 0 Å². The Labute approximate surface area is 109 Å². The molecule has 1 heteroatoms. The monoisotopic (exact) mass is 239 g/mol. The fourth-order valence-electron chi connectivity index (χ4n) is 3.22. The molecule has 0 aromatic carbocycles. The summed E-state index contributed by atoms with van der Waals surface area (Å²) in [5.41, 5.74) is 0.489. The van der Waals surface area contributed by atoms with Gasteiger partial charge in [0.05, 0.1) is 0 Å². The van der Waals surface area contributed by atoms with Gasteiger partial charge in [0.15, 0.2) is 0 Å². The van der Waals surface area contributed by atoms with Crippen molar-refractivity contribution in [2.24, 2.45) is 23.2 Å². The molecule has 3 atom stereocenters. The summed E-state index contributed by atoms with van der Waals surface area (Å²) >= 11 is 0. The Morgan fingerprint density at radius 2 is 1.82 bits per heavy atom. The SMILES string of the molecule is CNC1CCC(C(C)C)CC1CCC(C)(C)C. The first-order chi connectivity index (χ1) is 7.83. The van der Waals surface area contributed by atoms with Gasteiger partial charge in [0.25, 0.3) is 0 Å². The maximum atomic E-state index is 3.55. The van der Waals surface area contributed by atoms with Crippen LogP contribution in [0.5, 0.6) is 0 Å². The second-order valence-electron chi connectivity index (χ2n) is 7.57. The lowest BCUT2D eigenvalue weighted by atomic mass is 9.71. The summed E-state index contributed by atoms with van der Waals surface area (Å²) in [7, 11) is 2.14. The van der Waals surface area contributed by atoms with Crippen molar-refractivity contribution in [3.05, 3.63) is 0 Å². The molecule has 0 saturated heterocycles. The zero-order chi connectivity index (χ0) is 13.1. The molecule has 1 aliphatic rings. The van der Waals surface area contributed by atoms with Gasteiger partial charge in [0, 0.05) is 6.04 Å². The van der Waals surface area contributed by atoms with E-state index in [1.165, 1.54) is 32.1 Å². The number of hydrogen-bond donors (Lipinski definition) is 1. The largest absolute Gasteiger partial charge is 0.317 e. The summed E-state index contributed by atoms with van der Waals surface area (Å²) in [6.45, 7) is 11.9. The van der Waals surface area contributed by atoms with Gasteiger partial charge in [0.2, 0.25) is 0 Å². The van der Waals surface area contributed by atoms with E-state index in [2.05, 4.69) is 47.0 Å². The average Bonchev–Trinajstić information content (AvgIpc) is 2.24. The van der Waals surface area contributed by atoms with Gasteiger partial charge in [-0.3, -0.25) is 0 Å². The van der Waals surface area contributed by atoms with Crippen LogP contribution in [0.1, 0.15) is 66.7 Å². The summed E-state index contributed by atoms with van der Waals surface area (Å²) in [6, 6.07) is 0.771. The van der Waals surface area contributed by atoms with Crippen molar-refractivity contribution in [2.75, 3.05) is 7.05 Å². The number of nitrogens with one attached hydrogen (secondary N) is 1. The molecular formula is C16H33N. The van der Waals surface area contributed by atoms with E-state index in [1.54, 1.807) is 0 Å². The first-order valence-corrected chi connectivity index (χ1v) is 7.50. The highest BCUT2D eigenvalue weighted by Crippen LogP contribution is 2.37. The summed E-state index contributed by atoms with van der Waals surface area (Å²) < 4.78 is 0. The Balaban J connectivity index is 2.51. The van der Waals surface area contributed by atoms with Crippen LogP contribution in [0.2, 0.25) is 0 Å². The van der Waals surface area contributed by atoms with E-state index in [9.17, 15) is 0 Å². The molecule has 1 N–H and O–H groups in total. The fourth-order valence-corrected chi connectivity index (χ4v) is 3.22. The summed E-state index contributed by atoms with van der Waals surface area (Å²) in [6.07, 6.45) is 7.02. The molecule has 0 bridgehead atoms. The zero-order valence-corrected chi connectivity index (χ0v) is 12.8. The normalized spacial score (nSPS) is 30.9. The highest BCUT2D eigenvalue weighted by molar-refractivity contribution is 4.85. The minimum Gasteiger partial charge on any atom is -0.317 e. The van der Waals surface area contributed by atoms with Crippen LogP contribution in [0.25, 0.3) is 0 Å². The number of hydrogen-bond acceptors (Lipinski definition) is 1. The van der Waals surface area contributed by atoms with Crippen LogP contribution < -0.4 is 5.32 Å². The predicted molar refractivity (Wildman–Crippen MR) is 77.2 cm³/mol. The highest BCUT2D eigenvalue weighted by Gasteiger charge is 2.31. The molecule has 0 heterocycles. The lowest BCUT2D eigenvalue weighted by molar-refractivity contribution is 0.152. The lowest BCUT2D eigenvalue weighted by Crippen LogP contribution is -2.40. The molecule has 1 saturated carbocycles. The zero-order valence-electron chi connectivity index (χ0n) is 12.8. The van der Waals surface area contributed by atoms with Crippen molar-refractivity contribution >= 4 is 0 Å². The van der Waals surface area contributed by atoms with Crippen LogP contribution in [0, 0.1) is 23.2 Å². The summed E-state index contributed by atoms with van der Waals surface area (Å²) in [5, 5.41) is 3.55. The average molecular weight is 239 g/mol. The van der Waals surface area contributed by atoms with Crippen LogP contribution in [0.15, 0.2) is 0 Å². The smallest absolute Gasteiger partial charge is 0.00925 e.